The van der Waals surface area contributed by atoms with Crippen molar-refractivity contribution in [2.24, 2.45) is 5.73 Å². The van der Waals surface area contributed by atoms with Crippen LogP contribution in [0.2, 0.25) is 4.34 Å². The Morgan fingerprint density at radius 1 is 1.33 bits per heavy atom. The molecule has 2 nitrogen and oxygen atoms in total. The maximum Gasteiger partial charge on any atom is 0.123 e. The minimum Gasteiger partial charge on any atom is -0.329 e. The van der Waals surface area contributed by atoms with E-state index >= 15 is 0 Å². The minimum absolute atomic E-state index is 0.209. The van der Waals surface area contributed by atoms with E-state index in [0.717, 1.165) is 16.4 Å². The number of halogens is 2. The Bertz CT molecular complexity index is 601. The van der Waals surface area contributed by atoms with Crippen LogP contribution in [0.25, 0.3) is 0 Å². The second kappa shape index (κ2) is 6.88. The van der Waals surface area contributed by atoms with E-state index in [1.807, 2.05) is 25.2 Å². The largest absolute Gasteiger partial charge is 0.329 e. The third-order valence-corrected chi connectivity index (χ3v) is 5.07. The molecule has 0 saturated carbocycles. The molecule has 2 aromatic rings. The van der Waals surface area contributed by atoms with Crippen molar-refractivity contribution in [1.29, 1.82) is 0 Å². The van der Waals surface area contributed by atoms with Gasteiger partial charge in [0.05, 0.1) is 4.34 Å². The summed E-state index contributed by atoms with van der Waals surface area (Å²) in [4.78, 5) is 3.40. The van der Waals surface area contributed by atoms with Crippen LogP contribution >= 0.6 is 22.9 Å². The SMILES string of the molecule is CN(Cc1ccc(Cl)s1)C(C)(CN)Cc1cccc(F)c1. The van der Waals surface area contributed by atoms with Gasteiger partial charge in [0.1, 0.15) is 5.82 Å². The molecule has 1 atom stereocenters. The number of hydrogen-bond donors (Lipinski definition) is 1. The Kier molecular flexibility index (Phi) is 5.38. The van der Waals surface area contributed by atoms with Gasteiger partial charge in [0, 0.05) is 23.5 Å². The van der Waals surface area contributed by atoms with E-state index in [4.69, 9.17) is 17.3 Å². The Morgan fingerprint density at radius 3 is 2.67 bits per heavy atom. The molecule has 1 aromatic heterocycles. The smallest absolute Gasteiger partial charge is 0.123 e. The van der Waals surface area contributed by atoms with Crippen molar-refractivity contribution in [3.05, 3.63) is 57.0 Å². The van der Waals surface area contributed by atoms with Crippen molar-refractivity contribution in [1.82, 2.24) is 4.90 Å². The quantitative estimate of drug-likeness (QED) is 0.871. The first-order chi connectivity index (χ1) is 9.93. The molecular formula is C16H20ClFN2S. The second-order valence-electron chi connectivity index (χ2n) is 5.57. The average Bonchev–Trinajstić information content (AvgIpc) is 2.84. The highest BCUT2D eigenvalue weighted by Gasteiger charge is 2.28. The van der Waals surface area contributed by atoms with E-state index in [1.165, 1.54) is 10.9 Å². The fourth-order valence-corrected chi connectivity index (χ4v) is 3.45. The highest BCUT2D eigenvalue weighted by Crippen LogP contribution is 2.26. The van der Waals surface area contributed by atoms with Crippen molar-refractivity contribution >= 4 is 22.9 Å². The number of nitrogens with two attached hydrogens (primary N) is 1. The van der Waals surface area contributed by atoms with Crippen LogP contribution in [-0.4, -0.2) is 24.0 Å². The van der Waals surface area contributed by atoms with Crippen molar-refractivity contribution in [2.45, 2.75) is 25.4 Å². The molecule has 5 heteroatoms. The zero-order chi connectivity index (χ0) is 15.5. The molecule has 0 aliphatic carbocycles. The standard InChI is InChI=1S/C16H20ClFN2S/c1-16(11-19,9-12-4-3-5-13(18)8-12)20(2)10-14-6-7-15(17)21-14/h3-8H,9-11,19H2,1-2H3. The third-order valence-electron chi connectivity index (χ3n) is 3.86. The summed E-state index contributed by atoms with van der Waals surface area (Å²) >= 11 is 7.55. The van der Waals surface area contributed by atoms with Crippen molar-refractivity contribution < 1.29 is 4.39 Å². The van der Waals surface area contributed by atoms with Gasteiger partial charge in [0.2, 0.25) is 0 Å². The normalized spacial score (nSPS) is 14.4. The molecule has 1 aromatic carbocycles. The van der Waals surface area contributed by atoms with Crippen LogP contribution in [0.15, 0.2) is 36.4 Å². The summed E-state index contributed by atoms with van der Waals surface area (Å²) in [5, 5.41) is 0. The molecule has 1 unspecified atom stereocenters. The second-order valence-corrected chi connectivity index (χ2v) is 7.37. The topological polar surface area (TPSA) is 29.3 Å². The first kappa shape index (κ1) is 16.4. The fraction of sp³-hybridized carbons (Fsp3) is 0.375. The molecule has 0 bridgehead atoms. The van der Waals surface area contributed by atoms with Crippen LogP contribution in [-0.2, 0) is 13.0 Å². The molecule has 1 heterocycles. The van der Waals surface area contributed by atoms with Gasteiger partial charge in [0.25, 0.3) is 0 Å². The Labute approximate surface area is 134 Å². The Hall–Kier alpha value is -0.940. The maximum atomic E-state index is 13.3. The molecule has 0 amide bonds. The predicted octanol–water partition coefficient (Wildman–Crippen LogP) is 3.93. The summed E-state index contributed by atoms with van der Waals surface area (Å²) in [6.45, 7) is 3.38. The van der Waals surface area contributed by atoms with Gasteiger partial charge in [-0.2, -0.15) is 0 Å². The van der Waals surface area contributed by atoms with Gasteiger partial charge in [-0.15, -0.1) is 11.3 Å². The lowest BCUT2D eigenvalue weighted by Gasteiger charge is -2.38. The number of likely N-dealkylation sites (N-methyl/N-ethyl adjacent to an activating group) is 1. The summed E-state index contributed by atoms with van der Waals surface area (Å²) in [7, 11) is 2.04. The van der Waals surface area contributed by atoms with Crippen LogP contribution in [0.4, 0.5) is 4.39 Å². The van der Waals surface area contributed by atoms with Gasteiger partial charge in [-0.05, 0) is 50.2 Å². The van der Waals surface area contributed by atoms with Gasteiger partial charge in [-0.25, -0.2) is 4.39 Å². The summed E-state index contributed by atoms with van der Waals surface area (Å²) in [5.74, 6) is -0.209. The summed E-state index contributed by atoms with van der Waals surface area (Å²) in [6.07, 6.45) is 0.705. The average molecular weight is 327 g/mol. The first-order valence-electron chi connectivity index (χ1n) is 6.83. The summed E-state index contributed by atoms with van der Waals surface area (Å²) in [6, 6.07) is 10.6. The van der Waals surface area contributed by atoms with Crippen LogP contribution in [0, 0.1) is 5.82 Å². The van der Waals surface area contributed by atoms with Crippen LogP contribution in [0.5, 0.6) is 0 Å². The molecule has 2 rings (SSSR count). The summed E-state index contributed by atoms with van der Waals surface area (Å²) in [5.41, 5.74) is 6.72. The molecule has 2 N–H and O–H groups in total. The van der Waals surface area contributed by atoms with Crippen molar-refractivity contribution in [2.75, 3.05) is 13.6 Å². The number of thiophene rings is 1. The van der Waals surface area contributed by atoms with E-state index in [9.17, 15) is 4.39 Å². The van der Waals surface area contributed by atoms with E-state index in [0.29, 0.717) is 13.0 Å². The zero-order valence-electron chi connectivity index (χ0n) is 12.3. The summed E-state index contributed by atoms with van der Waals surface area (Å²) < 4.78 is 14.1. The van der Waals surface area contributed by atoms with Crippen molar-refractivity contribution in [3.8, 4) is 0 Å². The lowest BCUT2D eigenvalue weighted by Crippen LogP contribution is -2.50. The molecule has 0 aliphatic heterocycles. The highest BCUT2D eigenvalue weighted by molar-refractivity contribution is 7.16. The molecular weight excluding hydrogens is 307 g/mol. The van der Waals surface area contributed by atoms with Gasteiger partial charge in [0.15, 0.2) is 0 Å². The molecule has 0 spiro atoms. The predicted molar refractivity (Wildman–Crippen MR) is 88.4 cm³/mol. The Morgan fingerprint density at radius 2 is 2.10 bits per heavy atom. The van der Waals surface area contributed by atoms with E-state index < -0.39 is 0 Å². The zero-order valence-corrected chi connectivity index (χ0v) is 13.8. The van der Waals surface area contributed by atoms with E-state index in [1.54, 1.807) is 23.5 Å². The molecule has 0 fully saturated rings. The lowest BCUT2D eigenvalue weighted by molar-refractivity contribution is 0.137. The number of benzene rings is 1. The Balaban J connectivity index is 2.11. The fourth-order valence-electron chi connectivity index (χ4n) is 2.31. The van der Waals surface area contributed by atoms with Crippen LogP contribution in [0.1, 0.15) is 17.4 Å². The molecule has 0 saturated heterocycles. The number of nitrogens with zero attached hydrogens (tertiary/aromatic N) is 1. The van der Waals surface area contributed by atoms with Gasteiger partial charge in [-0.1, -0.05) is 23.7 Å². The molecule has 0 aliphatic rings. The van der Waals surface area contributed by atoms with Gasteiger partial charge >= 0.3 is 0 Å². The number of hydrogen-bond acceptors (Lipinski definition) is 3. The maximum absolute atomic E-state index is 13.3. The van der Waals surface area contributed by atoms with Crippen LogP contribution < -0.4 is 5.73 Å². The number of rotatable bonds is 6. The monoisotopic (exact) mass is 326 g/mol. The minimum atomic E-state index is -0.232. The van der Waals surface area contributed by atoms with E-state index in [2.05, 4.69) is 11.8 Å². The van der Waals surface area contributed by atoms with E-state index in [-0.39, 0.29) is 11.4 Å². The van der Waals surface area contributed by atoms with Crippen LogP contribution in [0.3, 0.4) is 0 Å². The van der Waals surface area contributed by atoms with Gasteiger partial charge in [-0.3, -0.25) is 4.90 Å². The first-order valence-corrected chi connectivity index (χ1v) is 8.02. The third kappa shape index (κ3) is 4.27. The van der Waals surface area contributed by atoms with Crippen molar-refractivity contribution in [3.63, 3.8) is 0 Å². The highest BCUT2D eigenvalue weighted by atomic mass is 35.5. The van der Waals surface area contributed by atoms with Gasteiger partial charge < -0.3 is 5.73 Å². The molecule has 0 radical (unpaired) electrons. The lowest BCUT2D eigenvalue weighted by atomic mass is 9.91. The molecule has 114 valence electrons. The molecule has 21 heavy (non-hydrogen) atoms.